The van der Waals surface area contributed by atoms with E-state index in [1.165, 1.54) is 7.05 Å². The number of aryl methyl sites for hydroxylation is 1. The van der Waals surface area contributed by atoms with Crippen molar-refractivity contribution in [2.75, 3.05) is 26.8 Å². The topological polar surface area (TPSA) is 107 Å². The molecule has 1 N–H and O–H groups in total. The summed E-state index contributed by atoms with van der Waals surface area (Å²) in [6.45, 7) is 3.85. The first-order chi connectivity index (χ1) is 11.6. The molecule has 10 heteroatoms. The molecule has 1 aliphatic rings. The SMILES string of the molecule is COCC(C)(C)NCC(=O)N1C[C@@H](F)C[C@H]1C(=O)c1nn(C)c(=O)o1. The van der Waals surface area contributed by atoms with E-state index in [1.807, 2.05) is 13.8 Å². The minimum absolute atomic E-state index is 0.0704. The first-order valence-electron chi connectivity index (χ1n) is 7.90. The highest BCUT2D eigenvalue weighted by Crippen LogP contribution is 2.23. The molecule has 2 rings (SSSR count). The number of ketones is 1. The Balaban J connectivity index is 2.09. The van der Waals surface area contributed by atoms with Gasteiger partial charge in [-0.3, -0.25) is 9.59 Å². The fourth-order valence-corrected chi connectivity index (χ4v) is 2.73. The number of likely N-dealkylation sites (tertiary alicyclic amines) is 1. The van der Waals surface area contributed by atoms with Gasteiger partial charge in [-0.15, -0.1) is 5.10 Å². The first kappa shape index (κ1) is 19.3. The van der Waals surface area contributed by atoms with Gasteiger partial charge >= 0.3 is 5.76 Å². The van der Waals surface area contributed by atoms with E-state index in [9.17, 15) is 18.8 Å². The Morgan fingerprint density at radius 1 is 1.48 bits per heavy atom. The average Bonchev–Trinajstić information content (AvgIpc) is 3.07. The number of Topliss-reactive ketones (excluding diaryl/α,β-unsaturated/α-hetero) is 1. The van der Waals surface area contributed by atoms with Gasteiger partial charge in [0.2, 0.25) is 11.7 Å². The Morgan fingerprint density at radius 3 is 2.72 bits per heavy atom. The molecule has 0 spiro atoms. The number of hydrogen-bond acceptors (Lipinski definition) is 7. The van der Waals surface area contributed by atoms with Crippen molar-refractivity contribution in [2.24, 2.45) is 7.05 Å². The zero-order chi connectivity index (χ0) is 18.8. The third-order valence-corrected chi connectivity index (χ3v) is 4.00. The molecule has 1 aromatic heterocycles. The van der Waals surface area contributed by atoms with E-state index in [2.05, 4.69) is 10.4 Å². The van der Waals surface area contributed by atoms with Crippen molar-refractivity contribution in [3.8, 4) is 0 Å². The molecule has 0 saturated carbocycles. The van der Waals surface area contributed by atoms with Gasteiger partial charge in [-0.1, -0.05) is 0 Å². The molecule has 0 bridgehead atoms. The fraction of sp³-hybridized carbons (Fsp3) is 0.733. The number of carbonyl (C=O) groups excluding carboxylic acids is 2. The Labute approximate surface area is 144 Å². The summed E-state index contributed by atoms with van der Waals surface area (Å²) in [4.78, 5) is 37.4. The number of methoxy groups -OCH3 is 1. The molecule has 1 aliphatic heterocycles. The van der Waals surface area contributed by atoms with Gasteiger partial charge in [0.15, 0.2) is 0 Å². The predicted molar refractivity (Wildman–Crippen MR) is 85.0 cm³/mol. The van der Waals surface area contributed by atoms with Crippen LogP contribution < -0.4 is 11.1 Å². The highest BCUT2D eigenvalue weighted by atomic mass is 19.1. The molecule has 25 heavy (non-hydrogen) atoms. The second-order valence-corrected chi connectivity index (χ2v) is 6.73. The maximum Gasteiger partial charge on any atom is 0.437 e. The zero-order valence-corrected chi connectivity index (χ0v) is 14.7. The molecular formula is C15H23FN4O5. The smallest absolute Gasteiger partial charge is 0.384 e. The lowest BCUT2D eigenvalue weighted by atomic mass is 10.1. The van der Waals surface area contributed by atoms with Gasteiger partial charge in [-0.2, -0.15) is 4.68 Å². The standard InChI is InChI=1S/C15H23FN4O5/c1-15(2,8-24-4)17-6-11(21)20-7-9(16)5-10(20)12(22)13-18-19(3)14(23)25-13/h9-10,17H,5-8H2,1-4H3/t9-,10-/m0/s1. The lowest BCUT2D eigenvalue weighted by Crippen LogP contribution is -2.51. The van der Waals surface area contributed by atoms with Crippen LogP contribution in [0.4, 0.5) is 4.39 Å². The van der Waals surface area contributed by atoms with E-state index in [4.69, 9.17) is 9.15 Å². The average molecular weight is 358 g/mol. The lowest BCUT2D eigenvalue weighted by Gasteiger charge is -2.28. The Kier molecular flexibility index (Phi) is 5.73. The summed E-state index contributed by atoms with van der Waals surface area (Å²) in [6.07, 6.45) is -1.47. The van der Waals surface area contributed by atoms with Crippen LogP contribution in [0.15, 0.2) is 9.21 Å². The number of hydrogen-bond donors (Lipinski definition) is 1. The third kappa shape index (κ3) is 4.51. The maximum absolute atomic E-state index is 13.8. The number of carbonyl (C=O) groups is 2. The molecule has 0 aliphatic carbocycles. The molecular weight excluding hydrogens is 335 g/mol. The van der Waals surface area contributed by atoms with Gasteiger partial charge in [-0.25, -0.2) is 9.18 Å². The highest BCUT2D eigenvalue weighted by molar-refractivity contribution is 5.99. The minimum atomic E-state index is -1.32. The van der Waals surface area contributed by atoms with Crippen LogP contribution in [0.3, 0.4) is 0 Å². The first-order valence-corrected chi connectivity index (χ1v) is 7.90. The van der Waals surface area contributed by atoms with Gasteiger partial charge in [0.05, 0.1) is 19.7 Å². The van der Waals surface area contributed by atoms with Gasteiger partial charge < -0.3 is 19.4 Å². The minimum Gasteiger partial charge on any atom is -0.384 e. The number of halogens is 1. The molecule has 0 unspecified atom stereocenters. The number of rotatable bonds is 7. The molecule has 1 fully saturated rings. The lowest BCUT2D eigenvalue weighted by molar-refractivity contribution is -0.131. The van der Waals surface area contributed by atoms with Crippen LogP contribution in [-0.4, -0.2) is 70.9 Å². The Morgan fingerprint density at radius 2 is 2.16 bits per heavy atom. The molecule has 9 nitrogen and oxygen atoms in total. The molecule has 2 heterocycles. The summed E-state index contributed by atoms with van der Waals surface area (Å²) in [6, 6.07) is -1.03. The van der Waals surface area contributed by atoms with E-state index in [1.54, 1.807) is 7.11 Å². The van der Waals surface area contributed by atoms with Crippen molar-refractivity contribution in [3.63, 3.8) is 0 Å². The Hall–Kier alpha value is -2.07. The van der Waals surface area contributed by atoms with Crippen molar-refractivity contribution in [1.82, 2.24) is 20.0 Å². The summed E-state index contributed by atoms with van der Waals surface area (Å²) in [5, 5.41) is 6.70. The van der Waals surface area contributed by atoms with Crippen molar-refractivity contribution in [1.29, 1.82) is 0 Å². The van der Waals surface area contributed by atoms with Crippen LogP contribution in [-0.2, 0) is 16.6 Å². The quantitative estimate of drug-likeness (QED) is 0.656. The zero-order valence-electron chi connectivity index (χ0n) is 14.7. The number of aromatic nitrogens is 2. The van der Waals surface area contributed by atoms with E-state index < -0.39 is 41.1 Å². The van der Waals surface area contributed by atoms with Crippen molar-refractivity contribution < 1.29 is 23.1 Å². The van der Waals surface area contributed by atoms with Crippen LogP contribution in [0.5, 0.6) is 0 Å². The second kappa shape index (κ2) is 7.44. The van der Waals surface area contributed by atoms with Crippen LogP contribution in [0.2, 0.25) is 0 Å². The van der Waals surface area contributed by atoms with E-state index in [0.717, 1.165) is 9.58 Å². The predicted octanol–water partition coefficient (Wildman–Crippen LogP) is -0.490. The van der Waals surface area contributed by atoms with E-state index >= 15 is 0 Å². The molecule has 1 saturated heterocycles. The summed E-state index contributed by atoms with van der Waals surface area (Å²) < 4.78 is 24.5. The normalized spacial score (nSPS) is 20.9. The number of nitrogens with zero attached hydrogens (tertiary/aromatic N) is 3. The van der Waals surface area contributed by atoms with Gasteiger partial charge in [0.1, 0.15) is 12.2 Å². The van der Waals surface area contributed by atoms with Crippen LogP contribution in [0.25, 0.3) is 0 Å². The fourth-order valence-electron chi connectivity index (χ4n) is 2.73. The van der Waals surface area contributed by atoms with Crippen molar-refractivity contribution in [2.45, 2.75) is 38.0 Å². The number of ether oxygens (including phenoxy) is 1. The summed E-state index contributed by atoms with van der Waals surface area (Å²) >= 11 is 0. The van der Waals surface area contributed by atoms with Crippen molar-refractivity contribution >= 4 is 11.7 Å². The van der Waals surface area contributed by atoms with Crippen LogP contribution in [0, 0.1) is 0 Å². The molecule has 2 atom stereocenters. The third-order valence-electron chi connectivity index (χ3n) is 4.00. The summed E-state index contributed by atoms with van der Waals surface area (Å²) in [5.74, 6) is -2.31. The molecule has 140 valence electrons. The largest absolute Gasteiger partial charge is 0.437 e. The molecule has 0 aromatic carbocycles. The van der Waals surface area contributed by atoms with E-state index in [-0.39, 0.29) is 19.5 Å². The Bertz CT molecular complexity index is 698. The van der Waals surface area contributed by atoms with Crippen molar-refractivity contribution in [3.05, 3.63) is 16.4 Å². The van der Waals surface area contributed by atoms with Gasteiger partial charge in [0.25, 0.3) is 5.89 Å². The monoisotopic (exact) mass is 358 g/mol. The summed E-state index contributed by atoms with van der Waals surface area (Å²) in [5.41, 5.74) is -0.452. The van der Waals surface area contributed by atoms with E-state index in [0.29, 0.717) is 6.61 Å². The maximum atomic E-state index is 13.8. The summed E-state index contributed by atoms with van der Waals surface area (Å²) in [7, 11) is 2.88. The van der Waals surface area contributed by atoms with Crippen LogP contribution in [0.1, 0.15) is 31.0 Å². The highest BCUT2D eigenvalue weighted by Gasteiger charge is 2.42. The molecule has 1 amide bonds. The molecule has 1 aromatic rings. The molecule has 0 radical (unpaired) electrons. The van der Waals surface area contributed by atoms with Gasteiger partial charge in [0, 0.05) is 26.1 Å². The second-order valence-electron chi connectivity index (χ2n) is 6.73. The van der Waals surface area contributed by atoms with Gasteiger partial charge in [-0.05, 0) is 13.8 Å². The number of amides is 1. The number of alkyl halides is 1. The van der Waals surface area contributed by atoms with Crippen LogP contribution >= 0.6 is 0 Å². The number of nitrogens with one attached hydrogen (secondary N) is 1.